The zero-order chi connectivity index (χ0) is 15.1. The van der Waals surface area contributed by atoms with Crippen LogP contribution in [0.2, 0.25) is 0 Å². The second-order valence-electron chi connectivity index (χ2n) is 5.60. The molecule has 0 radical (unpaired) electrons. The molecular formula is C14H27N3O3. The van der Waals surface area contributed by atoms with Crippen molar-refractivity contribution in [3.63, 3.8) is 0 Å². The highest BCUT2D eigenvalue weighted by atomic mass is 16.5. The first-order valence-corrected chi connectivity index (χ1v) is 7.23. The van der Waals surface area contributed by atoms with Crippen molar-refractivity contribution in [1.29, 1.82) is 0 Å². The number of ether oxygens (including phenoxy) is 1. The van der Waals surface area contributed by atoms with Crippen LogP contribution in [0.1, 0.15) is 26.2 Å². The first kappa shape index (κ1) is 16.9. The molecule has 1 saturated carbocycles. The molecule has 0 saturated heterocycles. The molecule has 1 aliphatic rings. The van der Waals surface area contributed by atoms with E-state index in [4.69, 9.17) is 10.5 Å². The lowest BCUT2D eigenvalue weighted by Crippen LogP contribution is -2.47. The van der Waals surface area contributed by atoms with Gasteiger partial charge in [0.15, 0.2) is 0 Å². The fraction of sp³-hybridized carbons (Fsp3) is 0.857. The van der Waals surface area contributed by atoms with E-state index in [0.717, 1.165) is 19.3 Å². The monoisotopic (exact) mass is 285 g/mol. The quantitative estimate of drug-likeness (QED) is 0.671. The summed E-state index contributed by atoms with van der Waals surface area (Å²) < 4.78 is 4.86. The van der Waals surface area contributed by atoms with Crippen LogP contribution >= 0.6 is 0 Å². The largest absolute Gasteiger partial charge is 0.383 e. The van der Waals surface area contributed by atoms with Gasteiger partial charge in [0.25, 0.3) is 0 Å². The summed E-state index contributed by atoms with van der Waals surface area (Å²) >= 11 is 0. The van der Waals surface area contributed by atoms with Crippen molar-refractivity contribution in [2.75, 3.05) is 33.9 Å². The smallest absolute Gasteiger partial charge is 0.239 e. The third kappa shape index (κ3) is 4.76. The molecule has 0 bridgehead atoms. The van der Waals surface area contributed by atoms with E-state index < -0.39 is 0 Å². The number of amides is 2. The number of rotatable bonds is 6. The van der Waals surface area contributed by atoms with Gasteiger partial charge in [-0.3, -0.25) is 9.59 Å². The molecule has 0 spiro atoms. The summed E-state index contributed by atoms with van der Waals surface area (Å²) in [4.78, 5) is 25.6. The Balaban J connectivity index is 2.43. The number of carbonyl (C=O) groups is 2. The van der Waals surface area contributed by atoms with E-state index in [1.54, 1.807) is 14.2 Å². The van der Waals surface area contributed by atoms with Gasteiger partial charge in [0.1, 0.15) is 0 Å². The molecular weight excluding hydrogens is 258 g/mol. The summed E-state index contributed by atoms with van der Waals surface area (Å²) in [5.41, 5.74) is 6.02. The van der Waals surface area contributed by atoms with Crippen LogP contribution in [-0.4, -0.2) is 56.6 Å². The Morgan fingerprint density at radius 3 is 2.75 bits per heavy atom. The Kier molecular flexibility index (Phi) is 6.95. The Morgan fingerprint density at radius 2 is 2.10 bits per heavy atom. The van der Waals surface area contributed by atoms with Crippen LogP contribution in [0.4, 0.5) is 0 Å². The Hall–Kier alpha value is -1.14. The molecule has 20 heavy (non-hydrogen) atoms. The van der Waals surface area contributed by atoms with Gasteiger partial charge in [0.2, 0.25) is 11.8 Å². The average molecular weight is 285 g/mol. The van der Waals surface area contributed by atoms with E-state index in [1.807, 2.05) is 6.92 Å². The lowest BCUT2D eigenvalue weighted by molar-refractivity contribution is -0.140. The number of hydrogen-bond acceptors (Lipinski definition) is 4. The minimum Gasteiger partial charge on any atom is -0.383 e. The van der Waals surface area contributed by atoms with Crippen LogP contribution in [0.5, 0.6) is 0 Å². The van der Waals surface area contributed by atoms with Crippen molar-refractivity contribution in [3.8, 4) is 0 Å². The molecule has 0 aromatic rings. The topological polar surface area (TPSA) is 84.7 Å². The van der Waals surface area contributed by atoms with Gasteiger partial charge in [-0.25, -0.2) is 0 Å². The molecule has 3 atom stereocenters. The fourth-order valence-electron chi connectivity index (χ4n) is 2.67. The van der Waals surface area contributed by atoms with Gasteiger partial charge >= 0.3 is 0 Å². The number of nitrogens with one attached hydrogen (secondary N) is 1. The third-order valence-electron chi connectivity index (χ3n) is 4.07. The van der Waals surface area contributed by atoms with Gasteiger partial charge in [-0.05, 0) is 18.8 Å². The van der Waals surface area contributed by atoms with Crippen LogP contribution in [-0.2, 0) is 14.3 Å². The van der Waals surface area contributed by atoms with Crippen molar-refractivity contribution >= 4 is 11.8 Å². The molecule has 6 nitrogen and oxygen atoms in total. The van der Waals surface area contributed by atoms with Crippen LogP contribution in [0.25, 0.3) is 0 Å². The molecule has 0 aliphatic heterocycles. The number of methoxy groups -OCH3 is 1. The zero-order valence-corrected chi connectivity index (χ0v) is 12.7. The highest BCUT2D eigenvalue weighted by Gasteiger charge is 2.34. The second-order valence-corrected chi connectivity index (χ2v) is 5.60. The Morgan fingerprint density at radius 1 is 1.40 bits per heavy atom. The minimum atomic E-state index is -0.161. The molecule has 0 aromatic heterocycles. The van der Waals surface area contributed by atoms with Crippen LogP contribution in [0, 0.1) is 11.8 Å². The van der Waals surface area contributed by atoms with Crippen molar-refractivity contribution in [1.82, 2.24) is 10.2 Å². The van der Waals surface area contributed by atoms with Crippen LogP contribution in [0.3, 0.4) is 0 Å². The summed E-state index contributed by atoms with van der Waals surface area (Å²) in [6.07, 6.45) is 2.82. The fourth-order valence-corrected chi connectivity index (χ4v) is 2.67. The number of hydrogen-bond donors (Lipinski definition) is 2. The molecule has 116 valence electrons. The normalized spacial score (nSPS) is 26.1. The van der Waals surface area contributed by atoms with E-state index in [-0.39, 0.29) is 36.2 Å². The van der Waals surface area contributed by atoms with E-state index >= 15 is 0 Å². The Labute approximate surface area is 121 Å². The van der Waals surface area contributed by atoms with Crippen LogP contribution < -0.4 is 11.1 Å². The maximum Gasteiger partial charge on any atom is 0.239 e. The van der Waals surface area contributed by atoms with Crippen molar-refractivity contribution in [3.05, 3.63) is 0 Å². The maximum atomic E-state index is 12.4. The molecule has 3 unspecified atom stereocenters. The first-order valence-electron chi connectivity index (χ1n) is 7.23. The lowest BCUT2D eigenvalue weighted by Gasteiger charge is -2.35. The predicted octanol–water partition coefficient (Wildman–Crippen LogP) is -0.0291. The summed E-state index contributed by atoms with van der Waals surface area (Å²) in [7, 11) is 3.25. The molecule has 1 aliphatic carbocycles. The summed E-state index contributed by atoms with van der Waals surface area (Å²) in [5, 5.41) is 2.71. The Bertz CT molecular complexity index is 336. The van der Waals surface area contributed by atoms with Gasteiger partial charge in [0, 0.05) is 32.7 Å². The molecule has 0 aromatic carbocycles. The zero-order valence-electron chi connectivity index (χ0n) is 12.7. The molecule has 1 rings (SSSR count). The lowest BCUT2D eigenvalue weighted by atomic mass is 9.76. The van der Waals surface area contributed by atoms with E-state index in [9.17, 15) is 9.59 Å². The second kappa shape index (κ2) is 8.21. The first-order chi connectivity index (χ1) is 9.47. The molecule has 6 heteroatoms. The molecule has 0 heterocycles. The summed E-state index contributed by atoms with van der Waals surface area (Å²) in [5.74, 6) is -0.0222. The van der Waals surface area contributed by atoms with Gasteiger partial charge in [-0.15, -0.1) is 0 Å². The number of nitrogens with zero attached hydrogens (tertiary/aromatic N) is 1. The van der Waals surface area contributed by atoms with Crippen LogP contribution in [0.15, 0.2) is 0 Å². The van der Waals surface area contributed by atoms with Gasteiger partial charge in [0.05, 0.1) is 13.2 Å². The third-order valence-corrected chi connectivity index (χ3v) is 4.07. The number of carbonyl (C=O) groups excluding carboxylic acids is 2. The minimum absolute atomic E-state index is 0.0227. The summed E-state index contributed by atoms with van der Waals surface area (Å²) in [6, 6.07) is 0.0848. The average Bonchev–Trinajstić information content (AvgIpc) is 2.41. The number of nitrogens with two attached hydrogens (primary N) is 1. The molecule has 1 fully saturated rings. The van der Waals surface area contributed by atoms with E-state index in [2.05, 4.69) is 5.32 Å². The van der Waals surface area contributed by atoms with Gasteiger partial charge in [-0.2, -0.15) is 0 Å². The standard InChI is InChI=1S/C14H27N3O3/c1-10-11(5-4-6-12(10)15)14(19)17(2)9-13(18)16-7-8-20-3/h10-12H,4-9,15H2,1-3H3,(H,16,18). The van der Waals surface area contributed by atoms with Crippen molar-refractivity contribution in [2.24, 2.45) is 17.6 Å². The maximum absolute atomic E-state index is 12.4. The van der Waals surface area contributed by atoms with Gasteiger partial charge in [-0.1, -0.05) is 13.3 Å². The summed E-state index contributed by atoms with van der Waals surface area (Å²) in [6.45, 7) is 3.04. The highest BCUT2D eigenvalue weighted by Crippen LogP contribution is 2.30. The molecule has 2 amide bonds. The van der Waals surface area contributed by atoms with Gasteiger partial charge < -0.3 is 20.7 Å². The number of likely N-dealkylation sites (N-methyl/N-ethyl adjacent to an activating group) is 1. The van der Waals surface area contributed by atoms with Crippen molar-refractivity contribution < 1.29 is 14.3 Å². The predicted molar refractivity (Wildman–Crippen MR) is 77.0 cm³/mol. The van der Waals surface area contributed by atoms with E-state index in [1.165, 1.54) is 4.90 Å². The highest BCUT2D eigenvalue weighted by molar-refractivity contribution is 5.85. The van der Waals surface area contributed by atoms with E-state index in [0.29, 0.717) is 13.2 Å². The SMILES string of the molecule is COCCNC(=O)CN(C)C(=O)C1CCCC(N)C1C. The molecule has 3 N–H and O–H groups in total. The van der Waals surface area contributed by atoms with Crippen molar-refractivity contribution in [2.45, 2.75) is 32.2 Å².